The molecule has 0 spiro atoms. The van der Waals surface area contributed by atoms with Crippen LogP contribution in [0.25, 0.3) is 0 Å². The molecule has 0 aliphatic carbocycles. The van der Waals surface area contributed by atoms with Crippen molar-refractivity contribution in [3.8, 4) is 5.75 Å². The number of benzene rings is 2. The van der Waals surface area contributed by atoms with Crippen molar-refractivity contribution in [2.45, 2.75) is 12.8 Å². The van der Waals surface area contributed by atoms with Crippen LogP contribution < -0.4 is 10.1 Å². The van der Waals surface area contributed by atoms with E-state index in [-0.39, 0.29) is 5.91 Å². The van der Waals surface area contributed by atoms with Gasteiger partial charge in [-0.25, -0.2) is 0 Å². The number of rotatable bonds is 6. The molecule has 0 atom stereocenters. The number of carbonyl (C=O) groups excluding carboxylic acids is 1. The normalized spacial score (nSPS) is 10.2. The topological polar surface area (TPSA) is 38.3 Å². The van der Waals surface area contributed by atoms with Crippen LogP contribution in [0.4, 0.5) is 5.69 Å². The maximum atomic E-state index is 11.8. The number of para-hydroxylation sites is 2. The van der Waals surface area contributed by atoms with E-state index >= 15 is 0 Å². The fourth-order valence-electron chi connectivity index (χ4n) is 1.76. The second-order valence-electron chi connectivity index (χ2n) is 4.41. The van der Waals surface area contributed by atoms with Crippen LogP contribution in [0.1, 0.15) is 12.8 Å². The van der Waals surface area contributed by atoms with E-state index in [0.717, 1.165) is 5.75 Å². The summed E-state index contributed by atoms with van der Waals surface area (Å²) < 4.78 is 5.52. The van der Waals surface area contributed by atoms with E-state index < -0.39 is 0 Å². The molecule has 0 unspecified atom stereocenters. The van der Waals surface area contributed by atoms with E-state index in [1.54, 1.807) is 18.2 Å². The Balaban J connectivity index is 1.75. The number of anilines is 1. The summed E-state index contributed by atoms with van der Waals surface area (Å²) in [5, 5.41) is 3.57. The number of amides is 1. The molecular weight excluding hydrogens is 309 g/mol. The van der Waals surface area contributed by atoms with Gasteiger partial charge in [0.25, 0.3) is 0 Å². The maximum absolute atomic E-state index is 11.8. The molecule has 3 nitrogen and oxygen atoms in total. The molecule has 0 bridgehead atoms. The highest BCUT2D eigenvalue weighted by molar-refractivity contribution is 6.39. The van der Waals surface area contributed by atoms with Crippen LogP contribution in [0, 0.1) is 0 Å². The SMILES string of the molecule is O=C(CCCOc1ccccc1)Nc1c(Cl)cccc1Cl. The van der Waals surface area contributed by atoms with Gasteiger partial charge in [0.05, 0.1) is 22.3 Å². The molecule has 110 valence electrons. The molecule has 0 aliphatic rings. The maximum Gasteiger partial charge on any atom is 0.224 e. The summed E-state index contributed by atoms with van der Waals surface area (Å²) in [6.45, 7) is 0.480. The molecule has 5 heteroatoms. The third-order valence-electron chi connectivity index (χ3n) is 2.79. The van der Waals surface area contributed by atoms with Crippen LogP contribution in [0.3, 0.4) is 0 Å². The third-order valence-corrected chi connectivity index (χ3v) is 3.42. The number of halogens is 2. The van der Waals surface area contributed by atoms with Crippen LogP contribution in [-0.2, 0) is 4.79 Å². The highest BCUT2D eigenvalue weighted by atomic mass is 35.5. The first-order valence-corrected chi connectivity index (χ1v) is 7.34. The predicted molar refractivity (Wildman–Crippen MR) is 86.3 cm³/mol. The predicted octanol–water partition coefficient (Wildman–Crippen LogP) is 4.79. The zero-order chi connectivity index (χ0) is 15.1. The number of hydrogen-bond donors (Lipinski definition) is 1. The van der Waals surface area contributed by atoms with Crippen LogP contribution in [0.5, 0.6) is 5.75 Å². The standard InChI is InChI=1S/C16H15Cl2NO2/c17-13-8-4-9-14(18)16(13)19-15(20)10-5-11-21-12-6-2-1-3-7-12/h1-4,6-9H,5,10-11H2,(H,19,20). The summed E-state index contributed by atoms with van der Waals surface area (Å²) in [6.07, 6.45) is 0.956. The van der Waals surface area contributed by atoms with Gasteiger partial charge in [-0.05, 0) is 30.7 Å². The minimum absolute atomic E-state index is 0.137. The van der Waals surface area contributed by atoms with Crippen molar-refractivity contribution in [1.82, 2.24) is 0 Å². The Kier molecular flexibility index (Phi) is 5.90. The fraction of sp³-hybridized carbons (Fsp3) is 0.188. The second kappa shape index (κ2) is 7.91. The Morgan fingerprint density at radius 2 is 1.67 bits per heavy atom. The lowest BCUT2D eigenvalue weighted by molar-refractivity contribution is -0.116. The van der Waals surface area contributed by atoms with Crippen molar-refractivity contribution in [2.24, 2.45) is 0 Å². The average molecular weight is 324 g/mol. The highest BCUT2D eigenvalue weighted by Crippen LogP contribution is 2.29. The molecule has 0 saturated carbocycles. The Labute approximate surface area is 133 Å². The lowest BCUT2D eigenvalue weighted by atomic mass is 10.2. The van der Waals surface area contributed by atoms with Gasteiger partial charge in [0.1, 0.15) is 5.75 Å². The Bertz CT molecular complexity index is 582. The third kappa shape index (κ3) is 4.96. The van der Waals surface area contributed by atoms with Gasteiger partial charge in [-0.3, -0.25) is 4.79 Å². The monoisotopic (exact) mass is 323 g/mol. The molecular formula is C16H15Cl2NO2. The minimum atomic E-state index is -0.137. The molecule has 2 aromatic rings. The lowest BCUT2D eigenvalue weighted by Crippen LogP contribution is -2.13. The van der Waals surface area contributed by atoms with Gasteiger partial charge < -0.3 is 10.1 Å². The lowest BCUT2D eigenvalue weighted by Gasteiger charge is -2.09. The van der Waals surface area contributed by atoms with Crippen LogP contribution in [0.15, 0.2) is 48.5 Å². The summed E-state index contributed by atoms with van der Waals surface area (Å²) in [5.41, 5.74) is 0.454. The van der Waals surface area contributed by atoms with Crippen molar-refractivity contribution in [2.75, 3.05) is 11.9 Å². The highest BCUT2D eigenvalue weighted by Gasteiger charge is 2.09. The van der Waals surface area contributed by atoms with Crippen LogP contribution in [0.2, 0.25) is 10.0 Å². The van der Waals surface area contributed by atoms with Crippen molar-refractivity contribution in [1.29, 1.82) is 0 Å². The molecule has 0 radical (unpaired) electrons. The number of nitrogens with one attached hydrogen (secondary N) is 1. The van der Waals surface area contributed by atoms with E-state index in [2.05, 4.69) is 5.32 Å². The van der Waals surface area contributed by atoms with Gasteiger partial charge in [-0.1, -0.05) is 47.5 Å². The quantitative estimate of drug-likeness (QED) is 0.776. The van der Waals surface area contributed by atoms with Crippen molar-refractivity contribution >= 4 is 34.8 Å². The number of carbonyl (C=O) groups is 1. The molecule has 0 aromatic heterocycles. The largest absolute Gasteiger partial charge is 0.494 e. The first kappa shape index (κ1) is 15.7. The summed E-state index contributed by atoms with van der Waals surface area (Å²) >= 11 is 12.0. The smallest absolute Gasteiger partial charge is 0.224 e. The summed E-state index contributed by atoms with van der Waals surface area (Å²) in [7, 11) is 0. The van der Waals surface area contributed by atoms with Gasteiger partial charge >= 0.3 is 0 Å². The Morgan fingerprint density at radius 1 is 1.00 bits per heavy atom. The van der Waals surface area contributed by atoms with Gasteiger partial charge in [0.15, 0.2) is 0 Å². The van der Waals surface area contributed by atoms with E-state index in [1.165, 1.54) is 0 Å². The average Bonchev–Trinajstić information content (AvgIpc) is 2.49. The van der Waals surface area contributed by atoms with E-state index in [9.17, 15) is 4.79 Å². The van der Waals surface area contributed by atoms with E-state index in [1.807, 2.05) is 30.3 Å². The second-order valence-corrected chi connectivity index (χ2v) is 5.22. The molecule has 0 aliphatic heterocycles. The zero-order valence-electron chi connectivity index (χ0n) is 11.3. The molecule has 2 aromatic carbocycles. The Morgan fingerprint density at radius 3 is 2.33 bits per heavy atom. The molecule has 0 fully saturated rings. The summed E-state index contributed by atoms with van der Waals surface area (Å²) in [4.78, 5) is 11.8. The van der Waals surface area contributed by atoms with Gasteiger partial charge in [-0.2, -0.15) is 0 Å². The first-order chi connectivity index (χ1) is 10.2. The van der Waals surface area contributed by atoms with Crippen molar-refractivity contribution < 1.29 is 9.53 Å². The Hall–Kier alpha value is -1.71. The molecule has 2 rings (SSSR count). The van der Waals surface area contributed by atoms with Crippen LogP contribution >= 0.6 is 23.2 Å². The molecule has 0 saturated heterocycles. The van der Waals surface area contributed by atoms with Gasteiger partial charge in [-0.15, -0.1) is 0 Å². The first-order valence-electron chi connectivity index (χ1n) is 6.58. The fourth-order valence-corrected chi connectivity index (χ4v) is 2.25. The molecule has 0 heterocycles. The molecule has 1 N–H and O–H groups in total. The van der Waals surface area contributed by atoms with E-state index in [0.29, 0.717) is 35.2 Å². The molecule has 1 amide bonds. The van der Waals surface area contributed by atoms with Crippen LogP contribution in [-0.4, -0.2) is 12.5 Å². The minimum Gasteiger partial charge on any atom is -0.494 e. The van der Waals surface area contributed by atoms with Gasteiger partial charge in [0.2, 0.25) is 5.91 Å². The van der Waals surface area contributed by atoms with Gasteiger partial charge in [0, 0.05) is 6.42 Å². The van der Waals surface area contributed by atoms with Crippen molar-refractivity contribution in [3.63, 3.8) is 0 Å². The number of hydrogen-bond acceptors (Lipinski definition) is 2. The zero-order valence-corrected chi connectivity index (χ0v) is 12.8. The summed E-state index contributed by atoms with van der Waals surface area (Å²) in [5.74, 6) is 0.661. The van der Waals surface area contributed by atoms with E-state index in [4.69, 9.17) is 27.9 Å². The van der Waals surface area contributed by atoms with Crippen molar-refractivity contribution in [3.05, 3.63) is 58.6 Å². The number of ether oxygens (including phenoxy) is 1. The summed E-state index contributed by atoms with van der Waals surface area (Å²) in [6, 6.07) is 14.6. The molecule has 21 heavy (non-hydrogen) atoms.